The molecule has 1 aromatic carbocycles. The summed E-state index contributed by atoms with van der Waals surface area (Å²) < 4.78 is 0. The Morgan fingerprint density at radius 3 is 2.38 bits per heavy atom. The summed E-state index contributed by atoms with van der Waals surface area (Å²) in [4.78, 5) is 41.1. The van der Waals surface area contributed by atoms with Crippen LogP contribution in [0.15, 0.2) is 29.5 Å². The van der Waals surface area contributed by atoms with Crippen LogP contribution in [-0.4, -0.2) is 57.1 Å². The van der Waals surface area contributed by atoms with E-state index in [4.69, 9.17) is 9.94 Å². The first-order chi connectivity index (χ1) is 11.4. The molecule has 0 radical (unpaired) electrons. The molecular formula is C14H14N4O6. The van der Waals surface area contributed by atoms with Gasteiger partial charge in [-0.05, 0) is 19.1 Å². The number of nitrogens with zero attached hydrogens (tertiary/aromatic N) is 4. The highest BCUT2D eigenvalue weighted by Crippen LogP contribution is 2.25. The predicted molar refractivity (Wildman–Crippen MR) is 76.2 cm³/mol. The van der Waals surface area contributed by atoms with Crippen LogP contribution < -0.4 is 0 Å². The van der Waals surface area contributed by atoms with Crippen molar-refractivity contribution in [1.29, 1.82) is 0 Å². The molecule has 2 aliphatic heterocycles. The molecule has 0 aliphatic carbocycles. The van der Waals surface area contributed by atoms with Crippen LogP contribution in [-0.2, 0) is 9.63 Å². The van der Waals surface area contributed by atoms with Crippen LogP contribution >= 0.6 is 0 Å². The fourth-order valence-corrected chi connectivity index (χ4v) is 2.50. The van der Waals surface area contributed by atoms with E-state index in [1.807, 2.05) is 0 Å². The number of carboxylic acid groups (broad SMARTS) is 1. The van der Waals surface area contributed by atoms with Gasteiger partial charge < -0.3 is 15.2 Å². The van der Waals surface area contributed by atoms with Gasteiger partial charge in [-0.3, -0.25) is 14.4 Å². The number of benzene rings is 1. The molecule has 1 atom stereocenters. The van der Waals surface area contributed by atoms with Crippen LogP contribution in [0.2, 0.25) is 0 Å². The van der Waals surface area contributed by atoms with Crippen LogP contribution in [0.25, 0.3) is 0 Å². The molecular weight excluding hydrogens is 320 g/mol. The highest BCUT2D eigenvalue weighted by atomic mass is 16.7. The van der Waals surface area contributed by atoms with Crippen molar-refractivity contribution in [3.63, 3.8) is 0 Å². The average Bonchev–Trinajstić information content (AvgIpc) is 2.75. The summed E-state index contributed by atoms with van der Waals surface area (Å²) in [5.41, 5.74) is 0.535. The van der Waals surface area contributed by atoms with Crippen LogP contribution in [0, 0.1) is 11.1 Å². The van der Waals surface area contributed by atoms with E-state index < -0.39 is 29.9 Å². The fraction of sp³-hybridized carbons (Fsp3) is 0.357. The number of carbonyl (C=O) groups is 3. The van der Waals surface area contributed by atoms with Gasteiger partial charge in [0.15, 0.2) is 0 Å². The van der Waals surface area contributed by atoms with E-state index in [0.29, 0.717) is 0 Å². The number of hydrazine groups is 1. The van der Waals surface area contributed by atoms with Gasteiger partial charge in [0.25, 0.3) is 11.8 Å². The molecule has 0 bridgehead atoms. The SMILES string of the molecule is CC(ON=[N+]([O-])N1CC(C(=O)O)C1)N1C(=O)c2ccccc2C1=O. The Morgan fingerprint density at radius 2 is 1.88 bits per heavy atom. The summed E-state index contributed by atoms with van der Waals surface area (Å²) >= 11 is 0. The van der Waals surface area contributed by atoms with Gasteiger partial charge in [0.05, 0.1) is 29.2 Å². The van der Waals surface area contributed by atoms with Gasteiger partial charge in [0.1, 0.15) is 5.92 Å². The molecule has 1 N–H and O–H groups in total. The van der Waals surface area contributed by atoms with E-state index in [-0.39, 0.29) is 29.2 Å². The molecule has 1 unspecified atom stereocenters. The summed E-state index contributed by atoms with van der Waals surface area (Å²) in [6.07, 6.45) is -1.08. The summed E-state index contributed by atoms with van der Waals surface area (Å²) in [5, 5.41) is 24.8. The number of hydrogen-bond donors (Lipinski definition) is 1. The quantitative estimate of drug-likeness (QED) is 0.359. The topological polar surface area (TPSA) is 126 Å². The zero-order chi connectivity index (χ0) is 17.4. The third-order valence-electron chi connectivity index (χ3n) is 3.91. The van der Waals surface area contributed by atoms with E-state index in [1.165, 1.54) is 19.1 Å². The Labute approximate surface area is 136 Å². The second-order valence-electron chi connectivity index (χ2n) is 5.47. The number of amides is 2. The lowest BCUT2D eigenvalue weighted by molar-refractivity contribution is -0.726. The van der Waals surface area contributed by atoms with Crippen LogP contribution in [0.1, 0.15) is 27.6 Å². The first kappa shape index (κ1) is 15.7. The normalized spacial score (nSPS) is 19.1. The third kappa shape index (κ3) is 2.51. The lowest BCUT2D eigenvalue weighted by Gasteiger charge is -2.31. The molecule has 0 spiro atoms. The standard InChI is InChI=1S/C14H14N4O6/c1-8(24-15-18(23)16-6-9(7-16)14(21)22)17-12(19)10-4-2-3-5-11(10)13(17)20/h2-5,8-9H,6-7H2,1H3,(H,21,22). The maximum Gasteiger partial charge on any atom is 0.310 e. The minimum atomic E-state index is -1.08. The number of carbonyl (C=O) groups excluding carboxylic acids is 2. The highest BCUT2D eigenvalue weighted by molar-refractivity contribution is 6.21. The molecule has 0 saturated carbocycles. The molecule has 1 saturated heterocycles. The number of rotatable bonds is 5. The summed E-state index contributed by atoms with van der Waals surface area (Å²) in [5.74, 6) is -2.65. The second kappa shape index (κ2) is 5.80. The molecule has 0 aromatic heterocycles. The van der Waals surface area contributed by atoms with E-state index in [1.54, 1.807) is 12.1 Å². The van der Waals surface area contributed by atoms with E-state index in [0.717, 1.165) is 9.91 Å². The van der Waals surface area contributed by atoms with E-state index >= 15 is 0 Å². The van der Waals surface area contributed by atoms with Gasteiger partial charge in [0.2, 0.25) is 11.5 Å². The van der Waals surface area contributed by atoms with Gasteiger partial charge in [-0.25, -0.2) is 4.90 Å². The van der Waals surface area contributed by atoms with Gasteiger partial charge in [0, 0.05) is 0 Å². The highest BCUT2D eigenvalue weighted by Gasteiger charge is 2.41. The van der Waals surface area contributed by atoms with Crippen molar-refractivity contribution >= 4 is 17.8 Å². The minimum Gasteiger partial charge on any atom is -0.569 e. The van der Waals surface area contributed by atoms with Crippen LogP contribution in [0.5, 0.6) is 0 Å². The van der Waals surface area contributed by atoms with Crippen LogP contribution in [0.4, 0.5) is 0 Å². The van der Waals surface area contributed by atoms with Gasteiger partial charge in [-0.2, -0.15) is 0 Å². The average molecular weight is 334 g/mol. The third-order valence-corrected chi connectivity index (χ3v) is 3.91. The lowest BCUT2D eigenvalue weighted by Crippen LogP contribution is -2.53. The molecule has 1 fully saturated rings. The van der Waals surface area contributed by atoms with Crippen molar-refractivity contribution in [2.75, 3.05) is 13.1 Å². The summed E-state index contributed by atoms with van der Waals surface area (Å²) in [6, 6.07) is 6.36. The van der Waals surface area contributed by atoms with Gasteiger partial charge in [-0.1, -0.05) is 12.1 Å². The fourth-order valence-electron chi connectivity index (χ4n) is 2.50. The van der Waals surface area contributed by atoms with Crippen molar-refractivity contribution in [2.45, 2.75) is 13.2 Å². The smallest absolute Gasteiger partial charge is 0.310 e. The second-order valence-corrected chi connectivity index (χ2v) is 5.47. The van der Waals surface area contributed by atoms with Crippen molar-refractivity contribution in [3.8, 4) is 0 Å². The number of fused-ring (bicyclic) bond motifs is 1. The Kier molecular flexibility index (Phi) is 3.80. The Hall–Kier alpha value is -3.17. The molecule has 24 heavy (non-hydrogen) atoms. The molecule has 10 nitrogen and oxygen atoms in total. The first-order valence-electron chi connectivity index (χ1n) is 7.18. The maximum absolute atomic E-state index is 12.2. The number of imide groups is 1. The zero-order valence-electron chi connectivity index (χ0n) is 12.7. The molecule has 126 valence electrons. The summed E-state index contributed by atoms with van der Waals surface area (Å²) in [7, 11) is 0. The maximum atomic E-state index is 12.2. The van der Waals surface area contributed by atoms with E-state index in [2.05, 4.69) is 5.28 Å². The van der Waals surface area contributed by atoms with Crippen molar-refractivity contribution < 1.29 is 29.3 Å². The molecule has 2 heterocycles. The predicted octanol–water partition coefficient (Wildman–Crippen LogP) is 0.454. The Balaban J connectivity index is 1.63. The van der Waals surface area contributed by atoms with Crippen molar-refractivity contribution in [2.24, 2.45) is 11.2 Å². The van der Waals surface area contributed by atoms with Crippen molar-refractivity contribution in [3.05, 3.63) is 40.6 Å². The van der Waals surface area contributed by atoms with Gasteiger partial charge in [-0.15, -0.1) is 5.01 Å². The molecule has 10 heteroatoms. The number of carboxylic acids is 1. The largest absolute Gasteiger partial charge is 0.569 e. The lowest BCUT2D eigenvalue weighted by atomic mass is 10.0. The summed E-state index contributed by atoms with van der Waals surface area (Å²) in [6.45, 7) is 1.45. The van der Waals surface area contributed by atoms with Gasteiger partial charge >= 0.3 is 5.97 Å². The molecule has 3 rings (SSSR count). The molecule has 1 aromatic rings. The van der Waals surface area contributed by atoms with Crippen LogP contribution in [0.3, 0.4) is 0 Å². The van der Waals surface area contributed by atoms with Crippen molar-refractivity contribution in [1.82, 2.24) is 9.91 Å². The minimum absolute atomic E-state index is 0.0209. The molecule has 2 amide bonds. The Bertz CT molecular complexity index is 708. The van der Waals surface area contributed by atoms with E-state index in [9.17, 15) is 19.6 Å². The first-order valence-corrected chi connectivity index (χ1v) is 7.18. The number of hydrogen-bond acceptors (Lipinski definition) is 6. The molecule has 2 aliphatic rings. The number of aliphatic carboxylic acids is 1. The Morgan fingerprint density at radius 1 is 1.33 bits per heavy atom. The zero-order valence-corrected chi connectivity index (χ0v) is 12.7. The monoisotopic (exact) mass is 334 g/mol.